The molecule has 0 aliphatic carbocycles. The Balaban J connectivity index is 1.87. The lowest BCUT2D eigenvalue weighted by Gasteiger charge is -2.16. The van der Waals surface area contributed by atoms with Gasteiger partial charge < -0.3 is 10.1 Å². The zero-order valence-corrected chi connectivity index (χ0v) is 16.4. The number of carbonyl (C=O) groups is 2. The van der Waals surface area contributed by atoms with Crippen LogP contribution in [-0.2, 0) is 9.53 Å². The molecule has 27 heavy (non-hydrogen) atoms. The summed E-state index contributed by atoms with van der Waals surface area (Å²) >= 11 is 3.40. The molecular weight excluding hydrogens is 410 g/mol. The Morgan fingerprint density at radius 3 is 2.41 bits per heavy atom. The number of hydrogen-bond donors (Lipinski definition) is 1. The first kappa shape index (κ1) is 18.8. The largest absolute Gasteiger partial charge is 0.467 e. The van der Waals surface area contributed by atoms with Crippen LogP contribution < -0.4 is 5.32 Å². The van der Waals surface area contributed by atoms with E-state index in [4.69, 9.17) is 4.74 Å². The van der Waals surface area contributed by atoms with E-state index in [1.165, 1.54) is 13.3 Å². The molecule has 3 aromatic rings. The third kappa shape index (κ3) is 4.09. The molecule has 3 rings (SSSR count). The number of hydrogen-bond acceptors (Lipinski definition) is 4. The molecule has 1 atom stereocenters. The average molecular weight is 428 g/mol. The van der Waals surface area contributed by atoms with Crippen molar-refractivity contribution >= 4 is 27.8 Å². The number of benzene rings is 2. The predicted molar refractivity (Wildman–Crippen MR) is 105 cm³/mol. The molecule has 0 fully saturated rings. The van der Waals surface area contributed by atoms with Crippen molar-refractivity contribution in [1.82, 2.24) is 15.1 Å². The van der Waals surface area contributed by atoms with E-state index < -0.39 is 17.9 Å². The molecule has 1 amide bonds. The molecule has 0 spiro atoms. The lowest BCUT2D eigenvalue weighted by atomic mass is 10.1. The molecule has 0 radical (unpaired) electrons. The van der Waals surface area contributed by atoms with Gasteiger partial charge in [-0.05, 0) is 36.8 Å². The Labute approximate surface area is 165 Å². The predicted octanol–water partition coefficient (Wildman–Crippen LogP) is 3.59. The van der Waals surface area contributed by atoms with Crippen molar-refractivity contribution in [3.05, 3.63) is 82.1 Å². The van der Waals surface area contributed by atoms with Gasteiger partial charge in [0.2, 0.25) is 0 Å². The standard InChI is InChI=1S/C20H18BrN3O3/c1-13-17(12-22-24(13)16-10-8-15(21)9-11-16)19(25)23-18(20(26)27-2)14-6-4-3-5-7-14/h3-12,18H,1-2H3,(H,23,25). The van der Waals surface area contributed by atoms with E-state index >= 15 is 0 Å². The van der Waals surface area contributed by atoms with E-state index in [1.54, 1.807) is 35.9 Å². The van der Waals surface area contributed by atoms with Gasteiger partial charge in [-0.1, -0.05) is 46.3 Å². The Kier molecular flexibility index (Phi) is 5.71. The maximum Gasteiger partial charge on any atom is 0.333 e. The number of esters is 1. The van der Waals surface area contributed by atoms with Gasteiger partial charge >= 0.3 is 5.97 Å². The van der Waals surface area contributed by atoms with Crippen LogP contribution in [0.5, 0.6) is 0 Å². The van der Waals surface area contributed by atoms with Crippen molar-refractivity contribution < 1.29 is 14.3 Å². The lowest BCUT2D eigenvalue weighted by Crippen LogP contribution is -2.34. The van der Waals surface area contributed by atoms with E-state index in [2.05, 4.69) is 26.3 Å². The van der Waals surface area contributed by atoms with Gasteiger partial charge in [0.1, 0.15) is 0 Å². The van der Waals surface area contributed by atoms with Gasteiger partial charge in [-0.3, -0.25) is 4.79 Å². The highest BCUT2D eigenvalue weighted by atomic mass is 79.9. The maximum absolute atomic E-state index is 12.8. The van der Waals surface area contributed by atoms with Crippen LogP contribution in [0.2, 0.25) is 0 Å². The third-order valence-corrected chi connectivity index (χ3v) is 4.70. The highest BCUT2D eigenvalue weighted by molar-refractivity contribution is 9.10. The van der Waals surface area contributed by atoms with Gasteiger partial charge in [0.05, 0.1) is 30.3 Å². The van der Waals surface area contributed by atoms with Crippen LogP contribution in [-0.4, -0.2) is 28.8 Å². The van der Waals surface area contributed by atoms with Crippen molar-refractivity contribution in [2.24, 2.45) is 0 Å². The van der Waals surface area contributed by atoms with E-state index in [1.807, 2.05) is 30.3 Å². The van der Waals surface area contributed by atoms with E-state index in [0.29, 0.717) is 16.8 Å². The summed E-state index contributed by atoms with van der Waals surface area (Å²) in [6.45, 7) is 1.81. The fraction of sp³-hybridized carbons (Fsp3) is 0.150. The number of halogens is 1. The number of methoxy groups -OCH3 is 1. The monoisotopic (exact) mass is 427 g/mol. The second-order valence-corrected chi connectivity index (χ2v) is 6.79. The van der Waals surface area contributed by atoms with Gasteiger partial charge in [0.25, 0.3) is 5.91 Å². The van der Waals surface area contributed by atoms with Gasteiger partial charge in [0, 0.05) is 4.47 Å². The van der Waals surface area contributed by atoms with Gasteiger partial charge in [-0.25, -0.2) is 9.48 Å². The fourth-order valence-electron chi connectivity index (χ4n) is 2.73. The summed E-state index contributed by atoms with van der Waals surface area (Å²) in [6.07, 6.45) is 1.49. The van der Waals surface area contributed by atoms with Crippen LogP contribution in [0.15, 0.2) is 65.3 Å². The summed E-state index contributed by atoms with van der Waals surface area (Å²) in [5.74, 6) is -0.928. The molecule has 0 saturated carbocycles. The molecule has 0 aliphatic rings. The summed E-state index contributed by atoms with van der Waals surface area (Å²) < 4.78 is 7.47. The van der Waals surface area contributed by atoms with Crippen LogP contribution in [0.25, 0.3) is 5.69 Å². The molecule has 2 aromatic carbocycles. The molecule has 1 aromatic heterocycles. The van der Waals surface area contributed by atoms with E-state index in [9.17, 15) is 9.59 Å². The topological polar surface area (TPSA) is 73.2 Å². The normalized spacial score (nSPS) is 11.7. The summed E-state index contributed by atoms with van der Waals surface area (Å²) in [5, 5.41) is 7.05. The number of ether oxygens (including phenoxy) is 1. The smallest absolute Gasteiger partial charge is 0.333 e. The first-order valence-electron chi connectivity index (χ1n) is 8.25. The highest BCUT2D eigenvalue weighted by Crippen LogP contribution is 2.19. The molecule has 1 heterocycles. The van der Waals surface area contributed by atoms with E-state index in [0.717, 1.165) is 10.2 Å². The molecule has 138 valence electrons. The highest BCUT2D eigenvalue weighted by Gasteiger charge is 2.25. The first-order chi connectivity index (χ1) is 13.0. The van der Waals surface area contributed by atoms with E-state index in [-0.39, 0.29) is 0 Å². The first-order valence-corrected chi connectivity index (χ1v) is 9.04. The number of nitrogens with one attached hydrogen (secondary N) is 1. The minimum atomic E-state index is -0.890. The van der Waals surface area contributed by atoms with Crippen molar-refractivity contribution in [1.29, 1.82) is 0 Å². The van der Waals surface area contributed by atoms with Crippen LogP contribution in [0, 0.1) is 6.92 Å². The van der Waals surface area contributed by atoms with Crippen molar-refractivity contribution in [2.45, 2.75) is 13.0 Å². The second kappa shape index (κ2) is 8.18. The van der Waals surface area contributed by atoms with Gasteiger partial charge in [-0.2, -0.15) is 5.10 Å². The number of aromatic nitrogens is 2. The SMILES string of the molecule is COC(=O)C(NC(=O)c1cnn(-c2ccc(Br)cc2)c1C)c1ccccc1. The molecule has 7 heteroatoms. The number of rotatable bonds is 5. The average Bonchev–Trinajstić information content (AvgIpc) is 3.08. The molecule has 0 saturated heterocycles. The lowest BCUT2D eigenvalue weighted by molar-refractivity contribution is -0.143. The van der Waals surface area contributed by atoms with Gasteiger partial charge in [-0.15, -0.1) is 0 Å². The van der Waals surface area contributed by atoms with Crippen molar-refractivity contribution in [3.8, 4) is 5.69 Å². The zero-order valence-electron chi connectivity index (χ0n) is 14.8. The Hall–Kier alpha value is -2.93. The van der Waals surface area contributed by atoms with Crippen molar-refractivity contribution in [2.75, 3.05) is 7.11 Å². The summed E-state index contributed by atoms with van der Waals surface area (Å²) in [6, 6.07) is 15.7. The van der Waals surface area contributed by atoms with Crippen LogP contribution in [0.3, 0.4) is 0 Å². The van der Waals surface area contributed by atoms with Gasteiger partial charge in [0.15, 0.2) is 6.04 Å². The summed E-state index contributed by atoms with van der Waals surface area (Å²) in [4.78, 5) is 24.9. The minimum absolute atomic E-state index is 0.391. The molecule has 0 bridgehead atoms. The maximum atomic E-state index is 12.8. The molecular formula is C20H18BrN3O3. The number of amides is 1. The Bertz CT molecular complexity index is 952. The molecule has 0 aliphatic heterocycles. The quantitative estimate of drug-likeness (QED) is 0.631. The second-order valence-electron chi connectivity index (χ2n) is 5.87. The summed E-state index contributed by atoms with van der Waals surface area (Å²) in [5.41, 5.74) is 2.55. The number of nitrogens with zero attached hydrogens (tertiary/aromatic N) is 2. The van der Waals surface area contributed by atoms with Crippen LogP contribution in [0.1, 0.15) is 27.7 Å². The fourth-order valence-corrected chi connectivity index (χ4v) is 2.99. The van der Waals surface area contributed by atoms with Crippen LogP contribution >= 0.6 is 15.9 Å². The number of carbonyl (C=O) groups excluding carboxylic acids is 2. The molecule has 6 nitrogen and oxygen atoms in total. The molecule has 1 unspecified atom stereocenters. The zero-order chi connectivity index (χ0) is 19.4. The minimum Gasteiger partial charge on any atom is -0.467 e. The van der Waals surface area contributed by atoms with Crippen LogP contribution in [0.4, 0.5) is 0 Å². The Morgan fingerprint density at radius 1 is 1.11 bits per heavy atom. The molecule has 1 N–H and O–H groups in total. The Morgan fingerprint density at radius 2 is 1.78 bits per heavy atom. The summed E-state index contributed by atoms with van der Waals surface area (Å²) in [7, 11) is 1.29. The third-order valence-electron chi connectivity index (χ3n) is 4.17. The van der Waals surface area contributed by atoms with Crippen molar-refractivity contribution in [3.63, 3.8) is 0 Å².